The molecule has 0 atom stereocenters. The smallest absolute Gasteiger partial charge is 0.253 e. The number of rotatable bonds is 5. The summed E-state index contributed by atoms with van der Waals surface area (Å²) in [5.41, 5.74) is 1.39. The quantitative estimate of drug-likeness (QED) is 0.667. The summed E-state index contributed by atoms with van der Waals surface area (Å²) in [6.07, 6.45) is 2.98. The number of amides is 2. The summed E-state index contributed by atoms with van der Waals surface area (Å²) < 4.78 is 32.1. The van der Waals surface area contributed by atoms with Crippen LogP contribution in [0, 0.1) is 0 Å². The van der Waals surface area contributed by atoms with Crippen molar-refractivity contribution in [3.8, 4) is 0 Å². The first kappa shape index (κ1) is 21.6. The molecule has 4 heterocycles. The molecule has 1 N–H and O–H groups in total. The number of carbonyl (C=O) groups excluding carboxylic acids is 2. The number of hydrogen-bond donors (Lipinski definition) is 1. The number of piperazine rings is 1. The molecule has 31 heavy (non-hydrogen) atoms. The van der Waals surface area contributed by atoms with Crippen LogP contribution in [0.15, 0.2) is 30.5 Å². The Morgan fingerprint density at radius 3 is 2.35 bits per heavy atom. The summed E-state index contributed by atoms with van der Waals surface area (Å²) in [6, 6.07) is 7.52. The van der Waals surface area contributed by atoms with Gasteiger partial charge in [0.2, 0.25) is 15.9 Å². The van der Waals surface area contributed by atoms with Gasteiger partial charge in [0.1, 0.15) is 5.82 Å². The van der Waals surface area contributed by atoms with Crippen LogP contribution in [-0.2, 0) is 19.6 Å². The highest BCUT2D eigenvalue weighted by molar-refractivity contribution is 7.88. The number of anilines is 1. The van der Waals surface area contributed by atoms with Crippen LogP contribution >= 0.6 is 0 Å². The molecule has 0 unspecified atom stereocenters. The van der Waals surface area contributed by atoms with E-state index in [9.17, 15) is 18.0 Å². The van der Waals surface area contributed by atoms with Gasteiger partial charge in [-0.2, -0.15) is 4.31 Å². The number of hydrogen-bond acceptors (Lipinski definition) is 6. The van der Waals surface area contributed by atoms with Gasteiger partial charge in [0.25, 0.3) is 5.91 Å². The molecular formula is C20H27N5O5S. The first-order chi connectivity index (χ1) is 14.8. The summed E-state index contributed by atoms with van der Waals surface area (Å²) in [5.74, 6) is 0.468. The van der Waals surface area contributed by atoms with Gasteiger partial charge in [-0.25, -0.2) is 8.42 Å². The van der Waals surface area contributed by atoms with Crippen LogP contribution in [0.5, 0.6) is 0 Å². The lowest BCUT2D eigenvalue weighted by molar-refractivity contribution is -0.134. The molecule has 2 aromatic heterocycles. The number of pyridine rings is 1. The van der Waals surface area contributed by atoms with Gasteiger partial charge in [-0.1, -0.05) is 0 Å². The maximum absolute atomic E-state index is 12.6. The molecule has 11 heteroatoms. The monoisotopic (exact) mass is 449 g/mol. The molecular weight excluding hydrogens is 422 g/mol. The minimum atomic E-state index is -3.19. The number of ether oxygens (including phenoxy) is 1. The van der Waals surface area contributed by atoms with Gasteiger partial charge in [0, 0.05) is 51.0 Å². The van der Waals surface area contributed by atoms with Crippen molar-refractivity contribution in [2.45, 2.75) is 0 Å². The van der Waals surface area contributed by atoms with Gasteiger partial charge < -0.3 is 24.3 Å². The predicted molar refractivity (Wildman–Crippen MR) is 116 cm³/mol. The van der Waals surface area contributed by atoms with Crippen molar-refractivity contribution in [2.75, 3.05) is 70.2 Å². The molecule has 10 nitrogen and oxygen atoms in total. The third-order valence-corrected chi connectivity index (χ3v) is 6.99. The summed E-state index contributed by atoms with van der Waals surface area (Å²) in [4.78, 5) is 28.7. The Kier molecular flexibility index (Phi) is 6.17. The summed E-state index contributed by atoms with van der Waals surface area (Å²) in [5, 5.41) is 2.70. The SMILES string of the molecule is CS(=O)(=O)N1CCN(c2ccc3ccc(C(=O)NCC(=O)N4CCOCC4)cn23)CC1. The van der Waals surface area contributed by atoms with Gasteiger partial charge in [-0.15, -0.1) is 0 Å². The number of morpholine rings is 1. The number of nitrogens with one attached hydrogen (secondary N) is 1. The fourth-order valence-electron chi connectivity index (χ4n) is 3.91. The summed E-state index contributed by atoms with van der Waals surface area (Å²) in [6.45, 7) is 4.07. The average Bonchev–Trinajstić information content (AvgIpc) is 3.20. The molecule has 2 saturated heterocycles. The summed E-state index contributed by atoms with van der Waals surface area (Å²) in [7, 11) is -3.19. The van der Waals surface area contributed by atoms with Gasteiger partial charge in [0.15, 0.2) is 0 Å². The van der Waals surface area contributed by atoms with Gasteiger partial charge >= 0.3 is 0 Å². The van der Waals surface area contributed by atoms with Gasteiger partial charge in [-0.3, -0.25) is 9.59 Å². The average molecular weight is 450 g/mol. The van der Waals surface area contributed by atoms with Crippen molar-refractivity contribution < 1.29 is 22.7 Å². The van der Waals surface area contributed by atoms with Gasteiger partial charge in [0.05, 0.1) is 31.6 Å². The molecule has 0 aromatic carbocycles. The molecule has 2 aliphatic heterocycles. The Bertz CT molecular complexity index is 1070. The highest BCUT2D eigenvalue weighted by atomic mass is 32.2. The molecule has 0 spiro atoms. The first-order valence-electron chi connectivity index (χ1n) is 10.3. The van der Waals surface area contributed by atoms with E-state index in [2.05, 4.69) is 10.2 Å². The van der Waals surface area contributed by atoms with Crippen molar-refractivity contribution >= 4 is 33.2 Å². The Balaban J connectivity index is 1.43. The van der Waals surface area contributed by atoms with E-state index >= 15 is 0 Å². The third kappa shape index (κ3) is 4.83. The van der Waals surface area contributed by atoms with Crippen molar-refractivity contribution in [2.24, 2.45) is 0 Å². The van der Waals surface area contributed by atoms with E-state index in [4.69, 9.17) is 4.74 Å². The predicted octanol–water partition coefficient (Wildman–Crippen LogP) is -0.390. The third-order valence-electron chi connectivity index (χ3n) is 5.69. The topological polar surface area (TPSA) is 104 Å². The Morgan fingerprint density at radius 2 is 1.68 bits per heavy atom. The lowest BCUT2D eigenvalue weighted by atomic mass is 10.2. The number of sulfonamides is 1. The van der Waals surface area contributed by atoms with Gasteiger partial charge in [-0.05, 0) is 24.3 Å². The second-order valence-corrected chi connectivity index (χ2v) is 9.71. The molecule has 0 bridgehead atoms. The largest absolute Gasteiger partial charge is 0.378 e. The van der Waals surface area contributed by atoms with E-state index < -0.39 is 10.0 Å². The second kappa shape index (κ2) is 8.85. The second-order valence-electron chi connectivity index (χ2n) is 7.73. The highest BCUT2D eigenvalue weighted by Crippen LogP contribution is 2.22. The molecule has 2 aliphatic rings. The number of nitrogens with zero attached hydrogens (tertiary/aromatic N) is 4. The zero-order valence-electron chi connectivity index (χ0n) is 17.5. The van der Waals surface area contributed by atoms with E-state index in [1.807, 2.05) is 22.6 Å². The van der Waals surface area contributed by atoms with Crippen LogP contribution in [-0.4, -0.2) is 99.1 Å². The minimum Gasteiger partial charge on any atom is -0.378 e. The van der Waals surface area contributed by atoms with Crippen LogP contribution < -0.4 is 10.2 Å². The summed E-state index contributed by atoms with van der Waals surface area (Å²) >= 11 is 0. The molecule has 168 valence electrons. The van der Waals surface area contributed by atoms with E-state index in [0.717, 1.165) is 11.3 Å². The first-order valence-corrected chi connectivity index (χ1v) is 12.1. The van der Waals surface area contributed by atoms with E-state index in [1.165, 1.54) is 10.6 Å². The zero-order valence-corrected chi connectivity index (χ0v) is 18.3. The lowest BCUT2D eigenvalue weighted by Gasteiger charge is -2.34. The number of carbonyl (C=O) groups is 2. The van der Waals surface area contributed by atoms with Crippen LogP contribution in [0.2, 0.25) is 0 Å². The van der Waals surface area contributed by atoms with Crippen molar-refractivity contribution in [3.05, 3.63) is 36.0 Å². The Hall–Kier alpha value is -2.63. The van der Waals surface area contributed by atoms with Crippen molar-refractivity contribution in [1.82, 2.24) is 18.9 Å². The van der Waals surface area contributed by atoms with Crippen molar-refractivity contribution in [3.63, 3.8) is 0 Å². The molecule has 0 radical (unpaired) electrons. The minimum absolute atomic E-state index is 0.0527. The Labute approximate surface area is 181 Å². The normalized spacial score (nSPS) is 18.4. The molecule has 4 rings (SSSR count). The van der Waals surface area contributed by atoms with Crippen LogP contribution in [0.25, 0.3) is 5.52 Å². The van der Waals surface area contributed by atoms with E-state index in [-0.39, 0.29) is 18.4 Å². The number of aromatic nitrogens is 1. The Morgan fingerprint density at radius 1 is 1.00 bits per heavy atom. The molecule has 2 fully saturated rings. The van der Waals surface area contributed by atoms with Crippen LogP contribution in [0.4, 0.5) is 5.82 Å². The maximum atomic E-state index is 12.6. The molecule has 0 saturated carbocycles. The van der Waals surface area contributed by atoms with Crippen LogP contribution in [0.1, 0.15) is 10.4 Å². The zero-order chi connectivity index (χ0) is 22.0. The maximum Gasteiger partial charge on any atom is 0.253 e. The molecule has 2 amide bonds. The highest BCUT2D eigenvalue weighted by Gasteiger charge is 2.25. The van der Waals surface area contributed by atoms with Crippen LogP contribution in [0.3, 0.4) is 0 Å². The molecule has 0 aliphatic carbocycles. The lowest BCUT2D eigenvalue weighted by Crippen LogP contribution is -2.48. The van der Waals surface area contributed by atoms with Crippen molar-refractivity contribution in [1.29, 1.82) is 0 Å². The fourth-order valence-corrected chi connectivity index (χ4v) is 4.74. The standard InChI is InChI=1S/C20H27N5O5S/c1-31(28,29)24-8-6-22(7-9-24)18-5-4-17-3-2-16(15-25(17)18)20(27)21-14-19(26)23-10-12-30-13-11-23/h2-5,15H,6-14H2,1H3,(H,21,27). The van der Waals surface area contributed by atoms with E-state index in [0.29, 0.717) is 58.0 Å². The molecule has 2 aromatic rings. The fraction of sp³-hybridized carbons (Fsp3) is 0.500. The number of fused-ring (bicyclic) bond motifs is 1. The van der Waals surface area contributed by atoms with E-state index in [1.54, 1.807) is 17.2 Å².